The second-order valence-electron chi connectivity index (χ2n) is 4.99. The highest BCUT2D eigenvalue weighted by molar-refractivity contribution is 5.85. The summed E-state index contributed by atoms with van der Waals surface area (Å²) in [6.07, 6.45) is 1.81. The SMILES string of the molecule is COc1ccc2c(c1)OC[C@H](C(=O)n1ncc(C#N)c1N)C2. The highest BCUT2D eigenvalue weighted by Gasteiger charge is 2.29. The summed E-state index contributed by atoms with van der Waals surface area (Å²) in [6, 6.07) is 7.39. The molecule has 0 bridgehead atoms. The number of rotatable bonds is 2. The number of ether oxygens (including phenoxy) is 2. The molecule has 0 aliphatic carbocycles. The standard InChI is InChI=1S/C15H14N4O3/c1-21-12-3-2-9-4-10(8-22-13(9)5-12)15(20)19-14(17)11(6-16)7-18-19/h2-3,5,7,10H,4,8,17H2,1H3/t10-/m1/s1. The number of nitriles is 1. The first-order valence-corrected chi connectivity index (χ1v) is 6.71. The predicted molar refractivity (Wildman–Crippen MR) is 77.7 cm³/mol. The number of hydrogen-bond donors (Lipinski definition) is 1. The molecule has 2 N–H and O–H groups in total. The number of hydrogen-bond acceptors (Lipinski definition) is 6. The average molecular weight is 298 g/mol. The van der Waals surface area contributed by atoms with Crippen LogP contribution < -0.4 is 15.2 Å². The maximum atomic E-state index is 12.5. The molecular formula is C15H14N4O3. The summed E-state index contributed by atoms with van der Waals surface area (Å²) in [5.41, 5.74) is 6.87. The van der Waals surface area contributed by atoms with Crippen LogP contribution in [-0.4, -0.2) is 29.4 Å². The topological polar surface area (TPSA) is 103 Å². The van der Waals surface area contributed by atoms with Crippen molar-refractivity contribution in [2.75, 3.05) is 19.5 Å². The van der Waals surface area contributed by atoms with E-state index in [4.69, 9.17) is 20.5 Å². The lowest BCUT2D eigenvalue weighted by Crippen LogP contribution is -2.33. The lowest BCUT2D eigenvalue weighted by Gasteiger charge is -2.24. The Hall–Kier alpha value is -3.01. The molecule has 1 atom stereocenters. The molecule has 1 aliphatic heterocycles. The van der Waals surface area contributed by atoms with Gasteiger partial charge in [0.25, 0.3) is 5.91 Å². The first-order chi connectivity index (χ1) is 10.6. The number of anilines is 1. The number of carbonyl (C=O) groups excluding carboxylic acids is 1. The lowest BCUT2D eigenvalue weighted by atomic mass is 9.96. The summed E-state index contributed by atoms with van der Waals surface area (Å²) < 4.78 is 11.9. The Bertz CT molecular complexity index is 776. The van der Waals surface area contributed by atoms with Crippen LogP contribution in [0.2, 0.25) is 0 Å². The molecule has 0 spiro atoms. The van der Waals surface area contributed by atoms with Crippen LogP contribution >= 0.6 is 0 Å². The van der Waals surface area contributed by atoms with E-state index in [0.29, 0.717) is 12.2 Å². The summed E-state index contributed by atoms with van der Waals surface area (Å²) in [6.45, 7) is 0.236. The third-order valence-corrected chi connectivity index (χ3v) is 3.67. The molecule has 7 heteroatoms. The van der Waals surface area contributed by atoms with Crippen molar-refractivity contribution in [3.8, 4) is 17.6 Å². The highest BCUT2D eigenvalue weighted by atomic mass is 16.5. The van der Waals surface area contributed by atoms with Crippen molar-refractivity contribution in [3.05, 3.63) is 35.5 Å². The molecule has 0 saturated heterocycles. The molecule has 0 saturated carbocycles. The van der Waals surface area contributed by atoms with Crippen molar-refractivity contribution in [1.29, 1.82) is 5.26 Å². The van der Waals surface area contributed by atoms with Gasteiger partial charge in [0.2, 0.25) is 0 Å². The fraction of sp³-hybridized carbons (Fsp3) is 0.267. The van der Waals surface area contributed by atoms with Crippen LogP contribution in [0.1, 0.15) is 15.9 Å². The number of carbonyl (C=O) groups is 1. The van der Waals surface area contributed by atoms with E-state index >= 15 is 0 Å². The fourth-order valence-corrected chi connectivity index (χ4v) is 2.43. The molecule has 0 radical (unpaired) electrons. The van der Waals surface area contributed by atoms with Gasteiger partial charge in [-0.2, -0.15) is 15.0 Å². The van der Waals surface area contributed by atoms with Gasteiger partial charge in [-0.25, -0.2) is 0 Å². The van der Waals surface area contributed by atoms with E-state index in [1.165, 1.54) is 6.20 Å². The van der Waals surface area contributed by atoms with Crippen LogP contribution in [-0.2, 0) is 6.42 Å². The largest absolute Gasteiger partial charge is 0.497 e. The van der Waals surface area contributed by atoms with Gasteiger partial charge in [0.1, 0.15) is 35.6 Å². The summed E-state index contributed by atoms with van der Waals surface area (Å²) in [7, 11) is 1.59. The molecule has 1 aromatic heterocycles. The van der Waals surface area contributed by atoms with Crippen molar-refractivity contribution < 1.29 is 14.3 Å². The van der Waals surface area contributed by atoms with Gasteiger partial charge in [0.15, 0.2) is 0 Å². The monoisotopic (exact) mass is 298 g/mol. The third-order valence-electron chi connectivity index (χ3n) is 3.67. The van der Waals surface area contributed by atoms with Crippen molar-refractivity contribution >= 4 is 11.7 Å². The lowest BCUT2D eigenvalue weighted by molar-refractivity contribution is 0.0753. The van der Waals surface area contributed by atoms with Gasteiger partial charge in [0.05, 0.1) is 19.2 Å². The Kier molecular flexibility index (Phi) is 3.43. The summed E-state index contributed by atoms with van der Waals surface area (Å²) in [4.78, 5) is 12.5. The maximum absolute atomic E-state index is 12.5. The molecule has 2 heterocycles. The Morgan fingerprint density at radius 1 is 1.59 bits per heavy atom. The van der Waals surface area contributed by atoms with Gasteiger partial charge in [-0.3, -0.25) is 4.79 Å². The number of benzene rings is 1. The van der Waals surface area contributed by atoms with Gasteiger partial charge in [-0.15, -0.1) is 0 Å². The van der Waals surface area contributed by atoms with Gasteiger partial charge in [-0.1, -0.05) is 6.07 Å². The zero-order valence-electron chi connectivity index (χ0n) is 11.9. The molecule has 3 rings (SSSR count). The maximum Gasteiger partial charge on any atom is 0.255 e. The quantitative estimate of drug-likeness (QED) is 0.894. The number of nitrogens with zero attached hydrogens (tertiary/aromatic N) is 3. The van der Waals surface area contributed by atoms with Crippen molar-refractivity contribution in [3.63, 3.8) is 0 Å². The Balaban J connectivity index is 1.83. The van der Waals surface area contributed by atoms with Gasteiger partial charge in [-0.05, 0) is 18.1 Å². The average Bonchev–Trinajstić information content (AvgIpc) is 2.93. The number of nitrogen functional groups attached to an aromatic ring is 1. The van der Waals surface area contributed by atoms with E-state index < -0.39 is 5.92 Å². The van der Waals surface area contributed by atoms with Gasteiger partial charge in [0, 0.05) is 6.07 Å². The van der Waals surface area contributed by atoms with Gasteiger partial charge < -0.3 is 15.2 Å². The molecule has 7 nitrogen and oxygen atoms in total. The van der Waals surface area contributed by atoms with Crippen LogP contribution in [0.5, 0.6) is 11.5 Å². The highest BCUT2D eigenvalue weighted by Crippen LogP contribution is 2.31. The molecule has 0 fully saturated rings. The van der Waals surface area contributed by atoms with E-state index in [-0.39, 0.29) is 23.9 Å². The molecule has 22 heavy (non-hydrogen) atoms. The third kappa shape index (κ3) is 2.24. The first-order valence-electron chi connectivity index (χ1n) is 6.71. The minimum atomic E-state index is -0.394. The fourth-order valence-electron chi connectivity index (χ4n) is 2.43. The zero-order valence-corrected chi connectivity index (χ0v) is 11.9. The molecule has 1 aromatic carbocycles. The number of aromatic nitrogens is 2. The van der Waals surface area contributed by atoms with E-state index in [2.05, 4.69) is 5.10 Å². The van der Waals surface area contributed by atoms with Crippen LogP contribution in [0.15, 0.2) is 24.4 Å². The van der Waals surface area contributed by atoms with Crippen LogP contribution in [0.25, 0.3) is 0 Å². The molecular weight excluding hydrogens is 284 g/mol. The second kappa shape index (κ2) is 5.41. The van der Waals surface area contributed by atoms with Crippen LogP contribution in [0, 0.1) is 17.2 Å². The first kappa shape index (κ1) is 13.9. The Morgan fingerprint density at radius 2 is 2.41 bits per heavy atom. The normalized spacial score (nSPS) is 16.3. The summed E-state index contributed by atoms with van der Waals surface area (Å²) >= 11 is 0. The van der Waals surface area contributed by atoms with Gasteiger partial charge >= 0.3 is 0 Å². The Morgan fingerprint density at radius 3 is 3.09 bits per heavy atom. The molecule has 0 unspecified atom stereocenters. The smallest absolute Gasteiger partial charge is 0.255 e. The van der Waals surface area contributed by atoms with Crippen LogP contribution in [0.4, 0.5) is 5.82 Å². The van der Waals surface area contributed by atoms with E-state index in [9.17, 15) is 4.79 Å². The predicted octanol–water partition coefficient (Wildman–Crippen LogP) is 1.24. The Labute approximate surface area is 126 Å². The van der Waals surface area contributed by atoms with Crippen LogP contribution in [0.3, 0.4) is 0 Å². The zero-order chi connectivity index (χ0) is 15.7. The summed E-state index contributed by atoms with van der Waals surface area (Å²) in [5.74, 6) is 0.816. The minimum Gasteiger partial charge on any atom is -0.497 e. The molecule has 0 amide bonds. The molecule has 1 aliphatic rings. The minimum absolute atomic E-state index is 0.0630. The molecule has 2 aromatic rings. The number of methoxy groups -OCH3 is 1. The van der Waals surface area contributed by atoms with E-state index in [1.807, 2.05) is 18.2 Å². The van der Waals surface area contributed by atoms with Crippen molar-refractivity contribution in [2.24, 2.45) is 5.92 Å². The van der Waals surface area contributed by atoms with Crippen molar-refractivity contribution in [2.45, 2.75) is 6.42 Å². The van der Waals surface area contributed by atoms with E-state index in [1.54, 1.807) is 13.2 Å². The summed E-state index contributed by atoms with van der Waals surface area (Å²) in [5, 5.41) is 12.8. The number of nitrogens with two attached hydrogens (primary N) is 1. The second-order valence-corrected chi connectivity index (χ2v) is 4.99. The van der Waals surface area contributed by atoms with E-state index in [0.717, 1.165) is 16.0 Å². The molecule has 112 valence electrons. The number of fused-ring (bicyclic) bond motifs is 1. The van der Waals surface area contributed by atoms with Crippen molar-refractivity contribution in [1.82, 2.24) is 9.78 Å².